The summed E-state index contributed by atoms with van der Waals surface area (Å²) in [5, 5.41) is 1.95. The van der Waals surface area contributed by atoms with Crippen molar-refractivity contribution in [2.24, 2.45) is 0 Å². The van der Waals surface area contributed by atoms with Crippen LogP contribution in [0.2, 0.25) is 5.02 Å². The van der Waals surface area contributed by atoms with Crippen molar-refractivity contribution < 1.29 is 9.53 Å². The van der Waals surface area contributed by atoms with Crippen LogP contribution in [-0.4, -0.2) is 35.0 Å². The monoisotopic (exact) mass is 394 g/mol. The summed E-state index contributed by atoms with van der Waals surface area (Å²) in [6.07, 6.45) is 1.43. The standard InChI is InChI=1S/C23H23ClN2O2/c1-14-22-21(16-8-3-5-10-19(16)25-22)17(15-7-2-4-9-18(15)24)13-26(14)23(27)20-11-6-12-28-20/h2-5,7-10,14,17,20,25H,6,11-13H2,1H3. The van der Waals surface area contributed by atoms with E-state index >= 15 is 0 Å². The molecule has 3 unspecified atom stereocenters. The molecule has 5 heteroatoms. The van der Waals surface area contributed by atoms with Gasteiger partial charge in [-0.3, -0.25) is 4.79 Å². The zero-order valence-corrected chi connectivity index (χ0v) is 16.6. The molecule has 1 amide bonds. The van der Waals surface area contributed by atoms with Crippen LogP contribution in [0.25, 0.3) is 10.9 Å². The van der Waals surface area contributed by atoms with E-state index in [2.05, 4.69) is 36.2 Å². The first-order valence-corrected chi connectivity index (χ1v) is 10.3. The molecule has 2 aliphatic heterocycles. The van der Waals surface area contributed by atoms with E-state index in [9.17, 15) is 4.79 Å². The normalized spacial score (nSPS) is 24.5. The quantitative estimate of drug-likeness (QED) is 0.662. The van der Waals surface area contributed by atoms with Crippen LogP contribution in [0, 0.1) is 0 Å². The lowest BCUT2D eigenvalue weighted by Crippen LogP contribution is -2.45. The Bertz CT molecular complexity index is 1040. The van der Waals surface area contributed by atoms with Gasteiger partial charge >= 0.3 is 0 Å². The number of fused-ring (bicyclic) bond motifs is 3. The molecule has 0 aliphatic carbocycles. The Morgan fingerprint density at radius 1 is 1.18 bits per heavy atom. The molecule has 4 nitrogen and oxygen atoms in total. The summed E-state index contributed by atoms with van der Waals surface area (Å²) in [7, 11) is 0. The molecule has 3 atom stereocenters. The molecule has 3 aromatic rings. The van der Waals surface area contributed by atoms with Crippen LogP contribution < -0.4 is 0 Å². The molecular formula is C23H23ClN2O2. The first-order chi connectivity index (χ1) is 13.6. The Kier molecular flexibility index (Phi) is 4.41. The molecule has 3 heterocycles. The number of nitrogens with zero attached hydrogens (tertiary/aromatic N) is 1. The van der Waals surface area contributed by atoms with Crippen molar-refractivity contribution in [2.75, 3.05) is 13.2 Å². The van der Waals surface area contributed by atoms with Crippen LogP contribution in [0.3, 0.4) is 0 Å². The summed E-state index contributed by atoms with van der Waals surface area (Å²) < 4.78 is 5.70. The first-order valence-electron chi connectivity index (χ1n) is 9.92. The lowest BCUT2D eigenvalue weighted by atomic mass is 9.83. The molecule has 28 heavy (non-hydrogen) atoms. The Morgan fingerprint density at radius 2 is 1.96 bits per heavy atom. The zero-order valence-electron chi connectivity index (χ0n) is 15.8. The van der Waals surface area contributed by atoms with Gasteiger partial charge < -0.3 is 14.6 Å². The lowest BCUT2D eigenvalue weighted by Gasteiger charge is -2.39. The second-order valence-corrected chi connectivity index (χ2v) is 8.15. The summed E-state index contributed by atoms with van der Waals surface area (Å²) in [6.45, 7) is 3.38. The van der Waals surface area contributed by atoms with Crippen molar-refractivity contribution in [3.05, 3.63) is 70.4 Å². The fourth-order valence-corrected chi connectivity index (χ4v) is 5.01. The number of halogens is 1. The van der Waals surface area contributed by atoms with Crippen molar-refractivity contribution >= 4 is 28.4 Å². The fourth-order valence-electron chi connectivity index (χ4n) is 4.74. The van der Waals surface area contributed by atoms with E-state index in [0.717, 1.165) is 34.6 Å². The molecule has 1 N–H and O–H groups in total. The van der Waals surface area contributed by atoms with Gasteiger partial charge in [0.25, 0.3) is 5.91 Å². The van der Waals surface area contributed by atoms with Crippen LogP contribution in [0.1, 0.15) is 48.5 Å². The number of aromatic nitrogens is 1. The van der Waals surface area contributed by atoms with Gasteiger partial charge in [0, 0.05) is 40.7 Å². The minimum absolute atomic E-state index is 0.0291. The van der Waals surface area contributed by atoms with Crippen molar-refractivity contribution in [1.29, 1.82) is 0 Å². The average molecular weight is 395 g/mol. The number of benzene rings is 2. The number of amides is 1. The SMILES string of the molecule is CC1c2[nH]c3ccccc3c2C(c2ccccc2Cl)CN1C(=O)C1CCCO1. The highest BCUT2D eigenvalue weighted by molar-refractivity contribution is 6.31. The maximum Gasteiger partial charge on any atom is 0.252 e. The van der Waals surface area contributed by atoms with Gasteiger partial charge in [-0.1, -0.05) is 48.0 Å². The number of ether oxygens (including phenoxy) is 1. The third kappa shape index (κ3) is 2.75. The average Bonchev–Trinajstić information content (AvgIpc) is 3.37. The van der Waals surface area contributed by atoms with E-state index in [1.807, 2.05) is 29.2 Å². The van der Waals surface area contributed by atoms with E-state index < -0.39 is 0 Å². The van der Waals surface area contributed by atoms with Gasteiger partial charge in [-0.15, -0.1) is 0 Å². The summed E-state index contributed by atoms with van der Waals surface area (Å²) in [5.74, 6) is 0.118. The van der Waals surface area contributed by atoms with E-state index in [1.165, 1.54) is 10.9 Å². The highest BCUT2D eigenvalue weighted by Crippen LogP contribution is 2.45. The molecule has 1 saturated heterocycles. The number of hydrogen-bond donors (Lipinski definition) is 1. The van der Waals surface area contributed by atoms with E-state index in [4.69, 9.17) is 16.3 Å². The molecule has 2 aliphatic rings. The smallest absolute Gasteiger partial charge is 0.252 e. The van der Waals surface area contributed by atoms with Gasteiger partial charge in [0.2, 0.25) is 0 Å². The van der Waals surface area contributed by atoms with Crippen LogP contribution in [-0.2, 0) is 9.53 Å². The molecule has 144 valence electrons. The van der Waals surface area contributed by atoms with Crippen LogP contribution in [0.15, 0.2) is 48.5 Å². The number of carbonyl (C=O) groups excluding carboxylic acids is 1. The van der Waals surface area contributed by atoms with Gasteiger partial charge in [0.05, 0.1) is 6.04 Å². The Labute approximate surface area is 169 Å². The maximum atomic E-state index is 13.3. The molecule has 1 fully saturated rings. The van der Waals surface area contributed by atoms with Gasteiger partial charge in [-0.25, -0.2) is 0 Å². The molecule has 5 rings (SSSR count). The third-order valence-electron chi connectivity index (χ3n) is 6.16. The molecule has 1 aromatic heterocycles. The van der Waals surface area contributed by atoms with E-state index in [0.29, 0.717) is 13.2 Å². The predicted molar refractivity (Wildman–Crippen MR) is 111 cm³/mol. The number of hydrogen-bond acceptors (Lipinski definition) is 2. The molecule has 0 saturated carbocycles. The number of aromatic amines is 1. The minimum atomic E-state index is -0.319. The second-order valence-electron chi connectivity index (χ2n) is 7.74. The number of carbonyl (C=O) groups is 1. The van der Waals surface area contributed by atoms with Gasteiger partial charge in [0.15, 0.2) is 0 Å². The van der Waals surface area contributed by atoms with Crippen molar-refractivity contribution in [3.63, 3.8) is 0 Å². The molecular weight excluding hydrogens is 372 g/mol. The topological polar surface area (TPSA) is 45.3 Å². The van der Waals surface area contributed by atoms with E-state index in [-0.39, 0.29) is 24.0 Å². The summed E-state index contributed by atoms with van der Waals surface area (Å²) >= 11 is 6.59. The van der Waals surface area contributed by atoms with Gasteiger partial charge in [-0.05, 0) is 43.0 Å². The Hall–Kier alpha value is -2.30. The van der Waals surface area contributed by atoms with Crippen molar-refractivity contribution in [2.45, 2.75) is 37.8 Å². The largest absolute Gasteiger partial charge is 0.368 e. The summed E-state index contributed by atoms with van der Waals surface area (Å²) in [6, 6.07) is 16.3. The number of nitrogens with one attached hydrogen (secondary N) is 1. The molecule has 0 radical (unpaired) electrons. The summed E-state index contributed by atoms with van der Waals surface area (Å²) in [5.41, 5.74) is 4.52. The Balaban J connectivity index is 1.66. The third-order valence-corrected chi connectivity index (χ3v) is 6.50. The summed E-state index contributed by atoms with van der Waals surface area (Å²) in [4.78, 5) is 18.8. The maximum absolute atomic E-state index is 13.3. The van der Waals surface area contributed by atoms with Crippen LogP contribution >= 0.6 is 11.6 Å². The number of H-pyrrole nitrogens is 1. The zero-order chi connectivity index (χ0) is 19.3. The van der Waals surface area contributed by atoms with Crippen LogP contribution in [0.4, 0.5) is 0 Å². The van der Waals surface area contributed by atoms with Crippen molar-refractivity contribution in [3.8, 4) is 0 Å². The lowest BCUT2D eigenvalue weighted by molar-refractivity contribution is -0.144. The molecule has 0 spiro atoms. The highest BCUT2D eigenvalue weighted by Gasteiger charge is 2.40. The fraction of sp³-hybridized carbons (Fsp3) is 0.348. The van der Waals surface area contributed by atoms with Crippen molar-refractivity contribution in [1.82, 2.24) is 9.88 Å². The number of para-hydroxylation sites is 1. The molecule has 2 aromatic carbocycles. The second kappa shape index (κ2) is 6.94. The predicted octanol–water partition coefficient (Wildman–Crippen LogP) is 5.04. The molecule has 0 bridgehead atoms. The first kappa shape index (κ1) is 17.8. The van der Waals surface area contributed by atoms with Gasteiger partial charge in [0.1, 0.15) is 6.10 Å². The minimum Gasteiger partial charge on any atom is -0.368 e. The Morgan fingerprint density at radius 3 is 2.75 bits per heavy atom. The van der Waals surface area contributed by atoms with Gasteiger partial charge in [-0.2, -0.15) is 0 Å². The van der Waals surface area contributed by atoms with E-state index in [1.54, 1.807) is 0 Å². The van der Waals surface area contributed by atoms with Crippen LogP contribution in [0.5, 0.6) is 0 Å². The number of rotatable bonds is 2. The highest BCUT2D eigenvalue weighted by atomic mass is 35.5.